The Morgan fingerprint density at radius 1 is 0.926 bits per heavy atom. The fourth-order valence-corrected chi connectivity index (χ4v) is 7.33. The van der Waals surface area contributed by atoms with Crippen LogP contribution in [0.3, 0.4) is 0 Å². The SMILES string of the molecule is CC=CC=CCC.CCCCP(CCCC)(CCCC)=NC1=CC=CC1.[Ti]. The van der Waals surface area contributed by atoms with Gasteiger partial charge in [-0.05, 0) is 64.2 Å². The molecule has 1 rings (SSSR count). The van der Waals surface area contributed by atoms with Crippen molar-refractivity contribution in [1.29, 1.82) is 0 Å². The Balaban J connectivity index is 0. The summed E-state index contributed by atoms with van der Waals surface area (Å²) in [7, 11) is -1.08. The fourth-order valence-electron chi connectivity index (χ4n) is 2.95. The van der Waals surface area contributed by atoms with E-state index in [9.17, 15) is 0 Å². The molecule has 0 radical (unpaired) electrons. The summed E-state index contributed by atoms with van der Waals surface area (Å²) in [4.78, 5) is 0. The number of hydrogen-bond donors (Lipinski definition) is 0. The molecule has 0 N–H and O–H groups in total. The largest absolute Gasteiger partial charge is 0.272 e. The Hall–Kier alpha value is -0.0957. The van der Waals surface area contributed by atoms with Gasteiger partial charge in [0, 0.05) is 33.8 Å². The molecule has 3 heteroatoms. The van der Waals surface area contributed by atoms with Gasteiger partial charge in [0.25, 0.3) is 0 Å². The molecule has 1 aliphatic rings. The first-order valence-electron chi connectivity index (χ1n) is 10.9. The van der Waals surface area contributed by atoms with Crippen molar-refractivity contribution in [3.63, 3.8) is 0 Å². The van der Waals surface area contributed by atoms with Crippen LogP contribution in [0.1, 0.15) is 86.0 Å². The van der Waals surface area contributed by atoms with Crippen LogP contribution in [0.25, 0.3) is 0 Å². The van der Waals surface area contributed by atoms with Crippen LogP contribution in [-0.2, 0) is 21.7 Å². The number of rotatable bonds is 12. The van der Waals surface area contributed by atoms with Crippen molar-refractivity contribution >= 4 is 7.05 Å². The van der Waals surface area contributed by atoms with Gasteiger partial charge in [0.1, 0.15) is 0 Å². The molecule has 0 aromatic rings. The zero-order valence-electron chi connectivity index (χ0n) is 18.7. The van der Waals surface area contributed by atoms with Crippen LogP contribution in [0.4, 0.5) is 0 Å². The molecule has 27 heavy (non-hydrogen) atoms. The topological polar surface area (TPSA) is 12.4 Å². The molecule has 0 saturated carbocycles. The third kappa shape index (κ3) is 15.5. The Bertz CT molecular complexity index is 472. The maximum absolute atomic E-state index is 5.33. The van der Waals surface area contributed by atoms with E-state index < -0.39 is 7.05 Å². The monoisotopic (exact) mass is 425 g/mol. The summed E-state index contributed by atoms with van der Waals surface area (Å²) in [5.74, 6) is 0. The van der Waals surface area contributed by atoms with Crippen LogP contribution in [0.5, 0.6) is 0 Å². The normalized spacial score (nSPS) is 13.4. The van der Waals surface area contributed by atoms with E-state index in [0.717, 1.165) is 12.8 Å². The van der Waals surface area contributed by atoms with Gasteiger partial charge >= 0.3 is 0 Å². The zero-order chi connectivity index (χ0) is 19.5. The molecule has 1 aliphatic carbocycles. The van der Waals surface area contributed by atoms with E-state index in [1.807, 2.05) is 19.1 Å². The molecule has 0 aromatic heterocycles. The van der Waals surface area contributed by atoms with Crippen molar-refractivity contribution in [3.8, 4) is 0 Å². The predicted molar refractivity (Wildman–Crippen MR) is 125 cm³/mol. The molecule has 154 valence electrons. The summed E-state index contributed by atoms with van der Waals surface area (Å²) < 4.78 is 5.33. The zero-order valence-corrected chi connectivity index (χ0v) is 21.2. The van der Waals surface area contributed by atoms with Crippen molar-refractivity contribution in [1.82, 2.24) is 0 Å². The first-order valence-corrected chi connectivity index (χ1v) is 13.2. The Labute approximate surface area is 185 Å². The molecule has 0 heterocycles. The summed E-state index contributed by atoms with van der Waals surface area (Å²) in [5.41, 5.74) is 1.36. The van der Waals surface area contributed by atoms with Crippen molar-refractivity contribution in [3.05, 3.63) is 48.2 Å². The van der Waals surface area contributed by atoms with Crippen LogP contribution < -0.4 is 0 Å². The molecular formula is C24H44NPTi. The molecular weight excluding hydrogens is 381 g/mol. The minimum Gasteiger partial charge on any atom is -0.272 e. The summed E-state index contributed by atoms with van der Waals surface area (Å²) in [5, 5.41) is 0. The summed E-state index contributed by atoms with van der Waals surface area (Å²) in [6.07, 6.45) is 29.3. The van der Waals surface area contributed by atoms with Crippen molar-refractivity contribution in [2.45, 2.75) is 86.0 Å². The van der Waals surface area contributed by atoms with Gasteiger partial charge in [-0.25, -0.2) is 0 Å². The average molecular weight is 425 g/mol. The first kappa shape index (κ1) is 29.1. The number of hydrogen-bond acceptors (Lipinski definition) is 1. The van der Waals surface area contributed by atoms with E-state index in [2.05, 4.69) is 58.1 Å². The summed E-state index contributed by atoms with van der Waals surface area (Å²) in [6.45, 7) is 11.1. The third-order valence-corrected chi connectivity index (χ3v) is 8.68. The molecule has 1 nitrogen and oxygen atoms in total. The molecule has 0 aromatic carbocycles. The van der Waals surface area contributed by atoms with E-state index in [4.69, 9.17) is 4.74 Å². The van der Waals surface area contributed by atoms with Crippen LogP contribution >= 0.6 is 7.05 Å². The van der Waals surface area contributed by atoms with E-state index in [0.29, 0.717) is 0 Å². The first-order chi connectivity index (χ1) is 12.7. The van der Waals surface area contributed by atoms with Gasteiger partial charge in [-0.3, -0.25) is 4.74 Å². The van der Waals surface area contributed by atoms with Crippen LogP contribution in [0.15, 0.2) is 53.0 Å². The molecule has 0 bridgehead atoms. The number of allylic oxidation sites excluding steroid dienone is 7. The smallest absolute Gasteiger partial charge is 0.0425 e. The van der Waals surface area contributed by atoms with Gasteiger partial charge in [-0.1, -0.05) is 83.4 Å². The molecule has 0 unspecified atom stereocenters. The minimum absolute atomic E-state index is 0. The Kier molecular flexibility index (Phi) is 22.2. The molecule has 0 atom stereocenters. The van der Waals surface area contributed by atoms with Gasteiger partial charge in [0.05, 0.1) is 0 Å². The Morgan fingerprint density at radius 3 is 1.85 bits per heavy atom. The third-order valence-electron chi connectivity index (χ3n) is 4.55. The van der Waals surface area contributed by atoms with Crippen LogP contribution in [0, 0.1) is 0 Å². The molecule has 0 aliphatic heterocycles. The maximum atomic E-state index is 5.33. The predicted octanol–water partition coefficient (Wildman–Crippen LogP) is 8.96. The van der Waals surface area contributed by atoms with E-state index in [-0.39, 0.29) is 21.7 Å². The van der Waals surface area contributed by atoms with Crippen molar-refractivity contribution < 1.29 is 21.7 Å². The standard InChI is InChI=1S/C17H32NP.C7H12.Ti/c1-4-7-14-19(15-8-5-2,16-9-6-3)18-17-12-10-11-13-17;1-3-5-7-6-4-2;/h10-12H,4-9,13-16H2,1-3H3;3,5-7H,4H2,1-2H3;. The second kappa shape index (κ2) is 20.6. The molecule has 0 amide bonds. The number of unbranched alkanes of at least 4 members (excludes halogenated alkanes) is 3. The minimum atomic E-state index is -1.08. The van der Waals surface area contributed by atoms with E-state index in [1.54, 1.807) is 0 Å². The molecule has 0 spiro atoms. The van der Waals surface area contributed by atoms with Crippen LogP contribution in [-0.4, -0.2) is 18.5 Å². The number of nitrogens with zero attached hydrogens (tertiary/aromatic N) is 1. The van der Waals surface area contributed by atoms with Gasteiger partial charge in [0.2, 0.25) is 0 Å². The van der Waals surface area contributed by atoms with Crippen LogP contribution in [0.2, 0.25) is 0 Å². The van der Waals surface area contributed by atoms with Crippen molar-refractivity contribution in [2.24, 2.45) is 4.74 Å². The van der Waals surface area contributed by atoms with Gasteiger partial charge in [0.15, 0.2) is 0 Å². The summed E-state index contributed by atoms with van der Waals surface area (Å²) in [6, 6.07) is 0. The van der Waals surface area contributed by atoms with Gasteiger partial charge in [-0.2, -0.15) is 0 Å². The van der Waals surface area contributed by atoms with Gasteiger partial charge < -0.3 is 0 Å². The Morgan fingerprint density at radius 2 is 1.48 bits per heavy atom. The van der Waals surface area contributed by atoms with Crippen molar-refractivity contribution in [2.75, 3.05) is 18.5 Å². The van der Waals surface area contributed by atoms with E-state index in [1.165, 1.54) is 62.7 Å². The van der Waals surface area contributed by atoms with E-state index >= 15 is 0 Å². The average Bonchev–Trinajstić information content (AvgIpc) is 3.16. The second-order valence-electron chi connectivity index (χ2n) is 7.08. The fraction of sp³-hybridized carbons (Fsp3) is 0.667. The quantitative estimate of drug-likeness (QED) is 0.168. The van der Waals surface area contributed by atoms with Gasteiger partial charge in [-0.15, -0.1) is 0 Å². The summed E-state index contributed by atoms with van der Waals surface area (Å²) >= 11 is 0. The second-order valence-corrected chi connectivity index (χ2v) is 10.8. The molecule has 0 saturated heterocycles. The molecule has 0 fully saturated rings. The maximum Gasteiger partial charge on any atom is 0.0425 e.